The number of piperidine rings is 1. The number of H-pyrrole nitrogens is 1. The standard InChI is InChI=1S/C25H25F3N6O3S/c1-15-6-7-16(2)18(12-15)14-34-23-21(31-32-34)24(35)30-22(29-23)17-8-10-33(11-9-17)38(36,37)20-5-3-4-19(13-20)25(26,27)28/h3-7,12-13,17H,8-11,14H2,1-2H3,(H,29,30,35). The van der Waals surface area contributed by atoms with Gasteiger partial charge < -0.3 is 4.98 Å². The number of sulfonamides is 1. The van der Waals surface area contributed by atoms with Crippen molar-refractivity contribution in [2.45, 2.75) is 50.2 Å². The van der Waals surface area contributed by atoms with Crippen molar-refractivity contribution in [3.63, 3.8) is 0 Å². The summed E-state index contributed by atoms with van der Waals surface area (Å²) in [5.41, 5.74) is 2.18. The van der Waals surface area contributed by atoms with Gasteiger partial charge in [-0.2, -0.15) is 17.5 Å². The van der Waals surface area contributed by atoms with Gasteiger partial charge >= 0.3 is 6.18 Å². The third kappa shape index (κ3) is 4.95. The molecular weight excluding hydrogens is 521 g/mol. The number of aryl methyl sites for hydroxylation is 2. The number of hydrogen-bond donors (Lipinski definition) is 1. The zero-order valence-electron chi connectivity index (χ0n) is 20.7. The molecule has 13 heteroatoms. The van der Waals surface area contributed by atoms with E-state index in [2.05, 4.69) is 20.3 Å². The highest BCUT2D eigenvalue weighted by Crippen LogP contribution is 2.33. The Morgan fingerprint density at radius 2 is 1.82 bits per heavy atom. The summed E-state index contributed by atoms with van der Waals surface area (Å²) in [6.45, 7) is 4.51. The van der Waals surface area contributed by atoms with Crippen molar-refractivity contribution in [2.24, 2.45) is 0 Å². The molecule has 0 aliphatic carbocycles. The number of fused-ring (bicyclic) bond motifs is 1. The average Bonchev–Trinajstić information content (AvgIpc) is 3.29. The second-order valence-corrected chi connectivity index (χ2v) is 11.4. The lowest BCUT2D eigenvalue weighted by molar-refractivity contribution is -0.137. The molecule has 3 heterocycles. The van der Waals surface area contributed by atoms with Gasteiger partial charge in [0.1, 0.15) is 5.82 Å². The molecule has 0 bridgehead atoms. The number of nitrogens with zero attached hydrogens (tertiary/aromatic N) is 5. The van der Waals surface area contributed by atoms with Crippen molar-refractivity contribution >= 4 is 21.2 Å². The summed E-state index contributed by atoms with van der Waals surface area (Å²) in [5.74, 6) is 0.159. The molecule has 0 unspecified atom stereocenters. The average molecular weight is 547 g/mol. The largest absolute Gasteiger partial charge is 0.416 e. The van der Waals surface area contributed by atoms with Crippen LogP contribution in [-0.4, -0.2) is 50.8 Å². The first-order valence-corrected chi connectivity index (χ1v) is 13.4. The summed E-state index contributed by atoms with van der Waals surface area (Å²) >= 11 is 0. The van der Waals surface area contributed by atoms with E-state index in [1.807, 2.05) is 32.0 Å². The summed E-state index contributed by atoms with van der Waals surface area (Å²) in [5, 5.41) is 8.12. The summed E-state index contributed by atoms with van der Waals surface area (Å²) in [7, 11) is -4.12. The van der Waals surface area contributed by atoms with E-state index >= 15 is 0 Å². The van der Waals surface area contributed by atoms with E-state index in [4.69, 9.17) is 0 Å². The monoisotopic (exact) mass is 546 g/mol. The number of aromatic nitrogens is 5. The number of rotatable bonds is 5. The third-order valence-electron chi connectivity index (χ3n) is 6.86. The molecule has 4 aromatic rings. The van der Waals surface area contributed by atoms with Crippen LogP contribution >= 0.6 is 0 Å². The molecule has 38 heavy (non-hydrogen) atoms. The summed E-state index contributed by atoms with van der Waals surface area (Å²) in [4.78, 5) is 19.7. The van der Waals surface area contributed by atoms with Gasteiger partial charge in [0, 0.05) is 19.0 Å². The van der Waals surface area contributed by atoms with E-state index in [-0.39, 0.29) is 24.5 Å². The number of benzene rings is 2. The maximum absolute atomic E-state index is 13.1. The molecule has 1 saturated heterocycles. The number of halogens is 3. The van der Waals surface area contributed by atoms with Crippen LogP contribution < -0.4 is 5.56 Å². The molecule has 2 aromatic carbocycles. The van der Waals surface area contributed by atoms with Crippen molar-refractivity contribution in [3.05, 3.63) is 80.9 Å². The van der Waals surface area contributed by atoms with Crippen LogP contribution in [0.5, 0.6) is 0 Å². The van der Waals surface area contributed by atoms with Crippen molar-refractivity contribution in [3.8, 4) is 0 Å². The molecule has 0 radical (unpaired) electrons. The van der Waals surface area contributed by atoms with Crippen LogP contribution in [0.25, 0.3) is 11.2 Å². The van der Waals surface area contributed by atoms with E-state index in [1.54, 1.807) is 4.68 Å². The maximum Gasteiger partial charge on any atom is 0.416 e. The molecule has 9 nitrogen and oxygen atoms in total. The molecule has 0 saturated carbocycles. The molecule has 5 rings (SSSR count). The lowest BCUT2D eigenvalue weighted by Crippen LogP contribution is -2.38. The number of nitrogens with one attached hydrogen (secondary N) is 1. The predicted molar refractivity (Wildman–Crippen MR) is 133 cm³/mol. The van der Waals surface area contributed by atoms with Crippen molar-refractivity contribution < 1.29 is 21.6 Å². The van der Waals surface area contributed by atoms with Crippen LogP contribution in [0.1, 0.15) is 46.8 Å². The van der Waals surface area contributed by atoms with Gasteiger partial charge in [0.05, 0.1) is 17.0 Å². The highest BCUT2D eigenvalue weighted by molar-refractivity contribution is 7.89. The van der Waals surface area contributed by atoms with E-state index in [0.717, 1.165) is 34.9 Å². The highest BCUT2D eigenvalue weighted by atomic mass is 32.2. The van der Waals surface area contributed by atoms with Crippen LogP contribution in [0.15, 0.2) is 52.2 Å². The Hall–Kier alpha value is -3.58. The van der Waals surface area contributed by atoms with Crippen LogP contribution in [0.3, 0.4) is 0 Å². The fourth-order valence-electron chi connectivity index (χ4n) is 4.67. The molecule has 2 aromatic heterocycles. The van der Waals surface area contributed by atoms with E-state index in [1.165, 1.54) is 4.31 Å². The van der Waals surface area contributed by atoms with E-state index in [9.17, 15) is 26.4 Å². The fourth-order valence-corrected chi connectivity index (χ4v) is 6.18. The molecule has 1 aliphatic heterocycles. The lowest BCUT2D eigenvalue weighted by Gasteiger charge is -2.30. The van der Waals surface area contributed by atoms with Crippen molar-refractivity contribution in [1.29, 1.82) is 0 Å². The molecule has 0 atom stereocenters. The topological polar surface area (TPSA) is 114 Å². The minimum atomic E-state index is -4.64. The van der Waals surface area contributed by atoms with Gasteiger partial charge in [-0.3, -0.25) is 4.79 Å². The number of hydrogen-bond acceptors (Lipinski definition) is 6. The minimum Gasteiger partial charge on any atom is -0.308 e. The molecule has 0 amide bonds. The minimum absolute atomic E-state index is 0.0744. The second-order valence-electron chi connectivity index (χ2n) is 9.50. The second kappa shape index (κ2) is 9.62. The molecule has 1 fully saturated rings. The molecule has 200 valence electrons. The van der Waals surface area contributed by atoms with Gasteiger partial charge in [0.15, 0.2) is 11.2 Å². The Labute approximate surface area is 216 Å². The van der Waals surface area contributed by atoms with E-state index in [0.29, 0.717) is 36.9 Å². The zero-order valence-corrected chi connectivity index (χ0v) is 21.5. The normalized spacial score (nSPS) is 15.8. The smallest absolute Gasteiger partial charge is 0.308 e. The lowest BCUT2D eigenvalue weighted by atomic mass is 9.97. The first kappa shape index (κ1) is 26.0. The summed E-state index contributed by atoms with van der Waals surface area (Å²) in [6, 6.07) is 9.80. The molecule has 1 N–H and O–H groups in total. The van der Waals surface area contributed by atoms with Crippen molar-refractivity contribution in [2.75, 3.05) is 13.1 Å². The SMILES string of the molecule is Cc1ccc(C)c(Cn2nnc3c(=O)[nH]c(C4CCN(S(=O)(=O)c5cccc(C(F)(F)F)c5)CC4)nc32)c1. The molecule has 0 spiro atoms. The predicted octanol–water partition coefficient (Wildman–Crippen LogP) is 3.77. The van der Waals surface area contributed by atoms with Gasteiger partial charge in [-0.25, -0.2) is 18.1 Å². The van der Waals surface area contributed by atoms with Gasteiger partial charge in [-0.1, -0.05) is 35.0 Å². The highest BCUT2D eigenvalue weighted by Gasteiger charge is 2.35. The Morgan fingerprint density at radius 1 is 1.08 bits per heavy atom. The third-order valence-corrected chi connectivity index (χ3v) is 8.75. The molecular formula is C25H25F3N6O3S. The van der Waals surface area contributed by atoms with Crippen LogP contribution in [-0.2, 0) is 22.7 Å². The summed E-state index contributed by atoms with van der Waals surface area (Å²) < 4.78 is 68.1. The Bertz CT molecular complexity index is 1670. The van der Waals surface area contributed by atoms with Gasteiger partial charge in [-0.15, -0.1) is 5.10 Å². The summed E-state index contributed by atoms with van der Waals surface area (Å²) in [6.07, 6.45) is -3.97. The fraction of sp³-hybridized carbons (Fsp3) is 0.360. The van der Waals surface area contributed by atoms with E-state index < -0.39 is 32.2 Å². The quantitative estimate of drug-likeness (QED) is 0.408. The first-order valence-electron chi connectivity index (χ1n) is 12.0. The van der Waals surface area contributed by atoms with Gasteiger partial charge in [0.25, 0.3) is 5.56 Å². The maximum atomic E-state index is 13.1. The van der Waals surface area contributed by atoms with Gasteiger partial charge in [-0.05, 0) is 56.0 Å². The zero-order chi connectivity index (χ0) is 27.2. The Kier molecular flexibility index (Phi) is 6.59. The number of aromatic amines is 1. The molecule has 1 aliphatic rings. The van der Waals surface area contributed by atoms with Crippen LogP contribution in [0.4, 0.5) is 13.2 Å². The first-order chi connectivity index (χ1) is 17.9. The Balaban J connectivity index is 1.37. The van der Waals surface area contributed by atoms with Crippen LogP contribution in [0, 0.1) is 13.8 Å². The van der Waals surface area contributed by atoms with Crippen molar-refractivity contribution in [1.82, 2.24) is 29.3 Å². The number of alkyl halides is 3. The Morgan fingerprint density at radius 3 is 2.53 bits per heavy atom. The van der Waals surface area contributed by atoms with Crippen LogP contribution in [0.2, 0.25) is 0 Å². The van der Waals surface area contributed by atoms with Gasteiger partial charge in [0.2, 0.25) is 10.0 Å².